The average Bonchev–Trinajstić information content (AvgIpc) is 2.72. The third kappa shape index (κ3) is 10.8. The summed E-state index contributed by atoms with van der Waals surface area (Å²) in [5.41, 5.74) is 0. The predicted molar refractivity (Wildman–Crippen MR) is 120 cm³/mol. The van der Waals surface area contributed by atoms with Gasteiger partial charge in [0.25, 0.3) is 0 Å². The first-order chi connectivity index (χ1) is 14.2. The molecule has 0 bridgehead atoms. The van der Waals surface area contributed by atoms with Gasteiger partial charge in [0.1, 0.15) is 0 Å². The molecular formula is C25H48O4. The topological polar surface area (TPSA) is 66.8 Å². The Morgan fingerprint density at radius 1 is 0.724 bits per heavy atom. The molecule has 0 aromatic rings. The summed E-state index contributed by atoms with van der Waals surface area (Å²) in [7, 11) is 0. The average molecular weight is 413 g/mol. The second-order valence-electron chi connectivity index (χ2n) is 9.09. The van der Waals surface area contributed by atoms with Gasteiger partial charge in [0, 0.05) is 5.92 Å². The van der Waals surface area contributed by atoms with Crippen molar-refractivity contribution in [1.82, 2.24) is 0 Å². The standard InChI is InChI=1S/C25H48O4/c1-3-5-7-9-10-11-12-13-14-15-17-18-21-22(19-16-8-6-4-2)25(28)29-23(20-26)24(21)27/h21-24,26-27H,3-20H2,1-2H3/t21-,22-,23-,24+/m1/s1. The second kappa shape index (κ2) is 17.1. The molecule has 4 nitrogen and oxygen atoms in total. The van der Waals surface area contributed by atoms with Crippen LogP contribution < -0.4 is 0 Å². The monoisotopic (exact) mass is 412 g/mol. The molecule has 1 aliphatic rings. The van der Waals surface area contributed by atoms with E-state index in [1.54, 1.807) is 0 Å². The Morgan fingerprint density at radius 2 is 1.17 bits per heavy atom. The van der Waals surface area contributed by atoms with Crippen molar-refractivity contribution in [2.75, 3.05) is 6.61 Å². The minimum absolute atomic E-state index is 0.0615. The number of ether oxygens (including phenoxy) is 1. The SMILES string of the molecule is CCCCCCCCCCCCC[C@H]1[C@H](O)[C@@H](CO)OC(=O)[C@@H]1CCCCCC. The van der Waals surface area contributed by atoms with Gasteiger partial charge >= 0.3 is 5.97 Å². The number of carbonyl (C=O) groups is 1. The summed E-state index contributed by atoms with van der Waals surface area (Å²) < 4.78 is 5.32. The largest absolute Gasteiger partial charge is 0.457 e. The molecule has 1 heterocycles. The number of aliphatic hydroxyl groups excluding tert-OH is 2. The first-order valence-corrected chi connectivity index (χ1v) is 12.6. The molecule has 4 atom stereocenters. The number of aliphatic hydroxyl groups is 2. The zero-order chi connectivity index (χ0) is 21.3. The number of unbranched alkanes of at least 4 members (excludes halogenated alkanes) is 13. The fraction of sp³-hybridized carbons (Fsp3) is 0.960. The summed E-state index contributed by atoms with van der Waals surface area (Å²) in [6, 6.07) is 0. The molecular weight excluding hydrogens is 364 g/mol. The molecule has 0 saturated carbocycles. The van der Waals surface area contributed by atoms with E-state index < -0.39 is 12.2 Å². The molecule has 172 valence electrons. The van der Waals surface area contributed by atoms with E-state index in [0.29, 0.717) is 0 Å². The normalized spacial score (nSPS) is 24.6. The van der Waals surface area contributed by atoms with Crippen molar-refractivity contribution in [2.45, 2.75) is 135 Å². The number of carbonyl (C=O) groups excluding carboxylic acids is 1. The number of cyclic esters (lactones) is 1. The highest BCUT2D eigenvalue weighted by Crippen LogP contribution is 2.35. The maximum absolute atomic E-state index is 12.4. The number of hydrogen-bond acceptors (Lipinski definition) is 4. The van der Waals surface area contributed by atoms with Crippen LogP contribution in [0.3, 0.4) is 0 Å². The fourth-order valence-corrected chi connectivity index (χ4v) is 4.68. The molecule has 0 radical (unpaired) electrons. The molecule has 0 aromatic carbocycles. The van der Waals surface area contributed by atoms with Crippen LogP contribution in [-0.2, 0) is 9.53 Å². The Balaban J connectivity index is 2.27. The number of esters is 1. The molecule has 2 N–H and O–H groups in total. The van der Waals surface area contributed by atoms with Crippen molar-refractivity contribution in [3.8, 4) is 0 Å². The van der Waals surface area contributed by atoms with Gasteiger partial charge in [0.2, 0.25) is 0 Å². The van der Waals surface area contributed by atoms with Crippen molar-refractivity contribution < 1.29 is 19.7 Å². The summed E-state index contributed by atoms with van der Waals surface area (Å²) in [4.78, 5) is 12.4. The van der Waals surface area contributed by atoms with Gasteiger partial charge < -0.3 is 14.9 Å². The van der Waals surface area contributed by atoms with E-state index in [-0.39, 0.29) is 24.4 Å². The quantitative estimate of drug-likeness (QED) is 0.209. The van der Waals surface area contributed by atoms with Crippen LogP contribution in [0, 0.1) is 11.8 Å². The zero-order valence-electron chi connectivity index (χ0n) is 19.2. The summed E-state index contributed by atoms with van der Waals surface area (Å²) >= 11 is 0. The zero-order valence-corrected chi connectivity index (χ0v) is 19.2. The summed E-state index contributed by atoms with van der Waals surface area (Å²) in [6.45, 7) is 4.15. The molecule has 1 fully saturated rings. The van der Waals surface area contributed by atoms with Gasteiger partial charge in [-0.1, -0.05) is 110 Å². The summed E-state index contributed by atoms with van der Waals surface area (Å²) in [5.74, 6) is -0.472. The lowest BCUT2D eigenvalue weighted by molar-refractivity contribution is -0.187. The Kier molecular flexibility index (Phi) is 15.6. The smallest absolute Gasteiger partial charge is 0.309 e. The van der Waals surface area contributed by atoms with E-state index in [0.717, 1.165) is 32.1 Å². The lowest BCUT2D eigenvalue weighted by atomic mass is 9.77. The highest BCUT2D eigenvalue weighted by atomic mass is 16.6. The lowest BCUT2D eigenvalue weighted by Crippen LogP contribution is -2.50. The first kappa shape index (κ1) is 26.4. The molecule has 29 heavy (non-hydrogen) atoms. The van der Waals surface area contributed by atoms with Gasteiger partial charge in [-0.3, -0.25) is 4.79 Å². The summed E-state index contributed by atoms with van der Waals surface area (Å²) in [6.07, 6.45) is 19.0. The molecule has 4 heteroatoms. The van der Waals surface area contributed by atoms with Crippen LogP contribution in [0.4, 0.5) is 0 Å². The van der Waals surface area contributed by atoms with Crippen molar-refractivity contribution >= 4 is 5.97 Å². The molecule has 1 aliphatic heterocycles. The minimum atomic E-state index is -0.743. The van der Waals surface area contributed by atoms with Crippen molar-refractivity contribution in [3.05, 3.63) is 0 Å². The van der Waals surface area contributed by atoms with E-state index in [1.165, 1.54) is 77.0 Å². The Bertz CT molecular complexity index is 398. The van der Waals surface area contributed by atoms with Crippen molar-refractivity contribution in [3.63, 3.8) is 0 Å². The van der Waals surface area contributed by atoms with Gasteiger partial charge in [0.05, 0.1) is 18.6 Å². The predicted octanol–water partition coefficient (Wildman–Crippen LogP) is 6.17. The molecule has 0 spiro atoms. The van der Waals surface area contributed by atoms with Crippen LogP contribution in [-0.4, -0.2) is 35.0 Å². The second-order valence-corrected chi connectivity index (χ2v) is 9.09. The Hall–Kier alpha value is -0.610. The maximum Gasteiger partial charge on any atom is 0.309 e. The van der Waals surface area contributed by atoms with Crippen molar-refractivity contribution in [1.29, 1.82) is 0 Å². The highest BCUT2D eigenvalue weighted by molar-refractivity contribution is 5.74. The highest BCUT2D eigenvalue weighted by Gasteiger charge is 2.43. The van der Waals surface area contributed by atoms with Crippen LogP contribution in [0.1, 0.15) is 123 Å². The summed E-state index contributed by atoms with van der Waals surface area (Å²) in [5, 5.41) is 20.1. The van der Waals surface area contributed by atoms with Gasteiger partial charge in [-0.05, 0) is 12.8 Å². The van der Waals surface area contributed by atoms with Crippen LogP contribution in [0.2, 0.25) is 0 Å². The van der Waals surface area contributed by atoms with Crippen LogP contribution >= 0.6 is 0 Å². The van der Waals surface area contributed by atoms with Crippen LogP contribution in [0.25, 0.3) is 0 Å². The van der Waals surface area contributed by atoms with E-state index in [4.69, 9.17) is 4.74 Å². The molecule has 0 aromatic heterocycles. The third-order valence-corrected chi connectivity index (χ3v) is 6.60. The van der Waals surface area contributed by atoms with E-state index in [9.17, 15) is 15.0 Å². The molecule has 0 aliphatic carbocycles. The molecule has 1 rings (SSSR count). The maximum atomic E-state index is 12.4. The van der Waals surface area contributed by atoms with Gasteiger partial charge in [-0.25, -0.2) is 0 Å². The molecule has 1 saturated heterocycles. The van der Waals surface area contributed by atoms with E-state index in [2.05, 4.69) is 13.8 Å². The third-order valence-electron chi connectivity index (χ3n) is 6.60. The number of hydrogen-bond donors (Lipinski definition) is 2. The molecule has 0 unspecified atom stereocenters. The van der Waals surface area contributed by atoms with Gasteiger partial charge in [0.15, 0.2) is 6.10 Å². The fourth-order valence-electron chi connectivity index (χ4n) is 4.68. The van der Waals surface area contributed by atoms with Gasteiger partial charge in [-0.2, -0.15) is 0 Å². The number of rotatable bonds is 18. The Labute approximate surface area is 179 Å². The van der Waals surface area contributed by atoms with Crippen LogP contribution in [0.5, 0.6) is 0 Å². The molecule has 0 amide bonds. The Morgan fingerprint density at radius 3 is 1.69 bits per heavy atom. The van der Waals surface area contributed by atoms with Crippen LogP contribution in [0.15, 0.2) is 0 Å². The van der Waals surface area contributed by atoms with Gasteiger partial charge in [-0.15, -0.1) is 0 Å². The van der Waals surface area contributed by atoms with Crippen molar-refractivity contribution in [2.24, 2.45) is 11.8 Å². The lowest BCUT2D eigenvalue weighted by Gasteiger charge is -2.39. The first-order valence-electron chi connectivity index (χ1n) is 12.6. The minimum Gasteiger partial charge on any atom is -0.457 e. The van der Waals surface area contributed by atoms with E-state index in [1.807, 2.05) is 0 Å². The van der Waals surface area contributed by atoms with E-state index >= 15 is 0 Å².